The topological polar surface area (TPSA) is 37.9 Å². The molecule has 1 N–H and O–H groups in total. The van der Waals surface area contributed by atoms with Gasteiger partial charge in [0.15, 0.2) is 11.6 Å². The Morgan fingerprint density at radius 1 is 1.00 bits per heavy atom. The number of aromatic nitrogens is 2. The predicted octanol–water partition coefficient (Wildman–Crippen LogP) is 7.44. The SMILES string of the molecule is CCC.COc1cc2nc(-c3cccc(Cl)c3)[nH]c2cc1F.Cc1ccccc1. The summed E-state index contributed by atoms with van der Waals surface area (Å²) in [7, 11) is 1.43. The normalized spacial score (nSPS) is 9.86. The first-order valence-corrected chi connectivity index (χ1v) is 9.87. The molecule has 0 saturated heterocycles. The molecule has 152 valence electrons. The van der Waals surface area contributed by atoms with Crippen LogP contribution in [0.3, 0.4) is 0 Å². The quantitative estimate of drug-likeness (QED) is 0.371. The number of nitrogens with zero attached hydrogens (tertiary/aromatic N) is 1. The molecule has 0 bridgehead atoms. The second-order valence-corrected chi connectivity index (χ2v) is 6.90. The van der Waals surface area contributed by atoms with E-state index in [1.807, 2.05) is 30.3 Å². The van der Waals surface area contributed by atoms with Crippen molar-refractivity contribution in [1.29, 1.82) is 0 Å². The monoisotopic (exact) mass is 412 g/mol. The zero-order valence-electron chi connectivity index (χ0n) is 17.2. The molecule has 0 spiro atoms. The minimum atomic E-state index is -0.420. The van der Waals surface area contributed by atoms with Gasteiger partial charge in [0.25, 0.3) is 0 Å². The third-order valence-corrected chi connectivity index (χ3v) is 4.03. The minimum Gasteiger partial charge on any atom is -0.494 e. The van der Waals surface area contributed by atoms with Gasteiger partial charge in [0, 0.05) is 22.7 Å². The summed E-state index contributed by atoms with van der Waals surface area (Å²) in [5, 5.41) is 0.627. The molecule has 29 heavy (non-hydrogen) atoms. The summed E-state index contributed by atoms with van der Waals surface area (Å²) in [6, 6.07) is 20.5. The van der Waals surface area contributed by atoms with Crippen molar-refractivity contribution >= 4 is 22.6 Å². The highest BCUT2D eigenvalue weighted by molar-refractivity contribution is 6.30. The fourth-order valence-corrected chi connectivity index (χ4v) is 2.66. The summed E-state index contributed by atoms with van der Waals surface area (Å²) in [4.78, 5) is 7.48. The van der Waals surface area contributed by atoms with Crippen LogP contribution in [0.4, 0.5) is 4.39 Å². The summed E-state index contributed by atoms with van der Waals surface area (Å²) in [6.07, 6.45) is 1.25. The fraction of sp³-hybridized carbons (Fsp3) is 0.208. The molecule has 0 aliphatic heterocycles. The van der Waals surface area contributed by atoms with Crippen molar-refractivity contribution < 1.29 is 9.13 Å². The van der Waals surface area contributed by atoms with Crippen LogP contribution in [0.5, 0.6) is 5.75 Å². The molecular weight excluding hydrogens is 387 g/mol. The highest BCUT2D eigenvalue weighted by atomic mass is 35.5. The first-order chi connectivity index (χ1) is 14.0. The van der Waals surface area contributed by atoms with Gasteiger partial charge in [-0.3, -0.25) is 0 Å². The first-order valence-electron chi connectivity index (χ1n) is 9.49. The lowest BCUT2D eigenvalue weighted by molar-refractivity contribution is 0.387. The summed E-state index contributed by atoms with van der Waals surface area (Å²) < 4.78 is 18.5. The maximum atomic E-state index is 13.6. The van der Waals surface area contributed by atoms with E-state index in [1.165, 1.54) is 25.2 Å². The molecule has 0 fully saturated rings. The molecular formula is C24H26ClFN2O. The van der Waals surface area contributed by atoms with Crippen molar-refractivity contribution in [2.45, 2.75) is 27.2 Å². The number of nitrogens with one attached hydrogen (secondary N) is 1. The second kappa shape index (κ2) is 11.2. The van der Waals surface area contributed by atoms with Crippen molar-refractivity contribution in [3.63, 3.8) is 0 Å². The lowest BCUT2D eigenvalue weighted by atomic mass is 10.2. The molecule has 3 aromatic carbocycles. The number of aryl methyl sites for hydroxylation is 1. The van der Waals surface area contributed by atoms with Crippen LogP contribution < -0.4 is 4.74 Å². The van der Waals surface area contributed by atoms with E-state index in [0.717, 1.165) is 5.56 Å². The van der Waals surface area contributed by atoms with E-state index in [4.69, 9.17) is 16.3 Å². The Labute approximate surface area is 176 Å². The van der Waals surface area contributed by atoms with Gasteiger partial charge < -0.3 is 9.72 Å². The summed E-state index contributed by atoms with van der Waals surface area (Å²) in [5.41, 5.74) is 3.44. The van der Waals surface area contributed by atoms with Gasteiger partial charge in [0.2, 0.25) is 0 Å². The van der Waals surface area contributed by atoms with Crippen molar-refractivity contribution in [2.24, 2.45) is 0 Å². The third kappa shape index (κ3) is 6.61. The molecule has 0 saturated carbocycles. The molecule has 0 atom stereocenters. The van der Waals surface area contributed by atoms with Crippen LogP contribution in [0.1, 0.15) is 25.8 Å². The van der Waals surface area contributed by atoms with E-state index in [0.29, 0.717) is 21.9 Å². The van der Waals surface area contributed by atoms with Gasteiger partial charge in [-0.25, -0.2) is 9.37 Å². The Bertz CT molecular complexity index is 1030. The Morgan fingerprint density at radius 2 is 1.69 bits per heavy atom. The molecule has 1 aromatic heterocycles. The van der Waals surface area contributed by atoms with E-state index >= 15 is 0 Å². The zero-order valence-corrected chi connectivity index (χ0v) is 17.9. The smallest absolute Gasteiger partial charge is 0.167 e. The predicted molar refractivity (Wildman–Crippen MR) is 120 cm³/mol. The average Bonchev–Trinajstić information content (AvgIpc) is 3.12. The number of rotatable bonds is 2. The van der Waals surface area contributed by atoms with Gasteiger partial charge in [0.1, 0.15) is 5.82 Å². The number of benzene rings is 3. The van der Waals surface area contributed by atoms with E-state index in [1.54, 1.807) is 18.2 Å². The molecule has 1 heterocycles. The number of aromatic amines is 1. The van der Waals surface area contributed by atoms with Gasteiger partial charge in [-0.2, -0.15) is 0 Å². The Hall–Kier alpha value is -2.85. The van der Waals surface area contributed by atoms with Gasteiger partial charge >= 0.3 is 0 Å². The molecule has 4 aromatic rings. The maximum absolute atomic E-state index is 13.6. The number of H-pyrrole nitrogens is 1. The lowest BCUT2D eigenvalue weighted by Gasteiger charge is -1.99. The Kier molecular flexibility index (Phi) is 8.68. The van der Waals surface area contributed by atoms with Crippen LogP contribution in [0, 0.1) is 12.7 Å². The van der Waals surface area contributed by atoms with Crippen molar-refractivity contribution in [1.82, 2.24) is 9.97 Å². The summed E-state index contributed by atoms with van der Waals surface area (Å²) in [6.45, 7) is 6.33. The average molecular weight is 413 g/mol. The highest BCUT2D eigenvalue weighted by Gasteiger charge is 2.10. The van der Waals surface area contributed by atoms with Crippen LogP contribution in [0.15, 0.2) is 66.7 Å². The molecule has 3 nitrogen and oxygen atoms in total. The van der Waals surface area contributed by atoms with Crippen molar-refractivity contribution in [3.8, 4) is 17.1 Å². The zero-order chi connectivity index (χ0) is 21.2. The Morgan fingerprint density at radius 3 is 2.24 bits per heavy atom. The maximum Gasteiger partial charge on any atom is 0.167 e. The Balaban J connectivity index is 0.000000250. The largest absolute Gasteiger partial charge is 0.494 e. The van der Waals surface area contributed by atoms with Crippen LogP contribution >= 0.6 is 11.6 Å². The minimum absolute atomic E-state index is 0.177. The fourth-order valence-electron chi connectivity index (χ4n) is 2.47. The van der Waals surface area contributed by atoms with E-state index in [-0.39, 0.29) is 5.75 Å². The third-order valence-electron chi connectivity index (χ3n) is 3.79. The number of methoxy groups -OCH3 is 1. The number of halogens is 2. The number of fused-ring (bicyclic) bond motifs is 1. The summed E-state index contributed by atoms with van der Waals surface area (Å²) >= 11 is 5.94. The molecule has 5 heteroatoms. The van der Waals surface area contributed by atoms with Crippen LogP contribution in [0.2, 0.25) is 5.02 Å². The number of ether oxygens (including phenoxy) is 1. The van der Waals surface area contributed by atoms with Crippen LogP contribution in [-0.4, -0.2) is 17.1 Å². The van der Waals surface area contributed by atoms with Crippen molar-refractivity contribution in [2.75, 3.05) is 7.11 Å². The molecule has 0 aliphatic carbocycles. The lowest BCUT2D eigenvalue weighted by Crippen LogP contribution is -1.87. The molecule has 0 radical (unpaired) electrons. The summed E-state index contributed by atoms with van der Waals surface area (Å²) in [5.74, 6) is 0.401. The van der Waals surface area contributed by atoms with Crippen LogP contribution in [0.25, 0.3) is 22.4 Å². The van der Waals surface area contributed by atoms with Crippen LogP contribution in [-0.2, 0) is 0 Å². The highest BCUT2D eigenvalue weighted by Crippen LogP contribution is 2.27. The molecule has 0 unspecified atom stereocenters. The second-order valence-electron chi connectivity index (χ2n) is 6.46. The standard InChI is InChI=1S/C14H10ClFN2O.C7H8.C3H8/c1-19-13-7-12-11(6-10(13)16)17-14(18-12)8-3-2-4-9(15)5-8;1-7-5-3-2-4-6-7;1-3-2/h2-7H,1H3,(H,17,18);2-6H,1H3;3H2,1-2H3. The van der Waals surface area contributed by atoms with Gasteiger partial charge in [-0.05, 0) is 19.1 Å². The van der Waals surface area contributed by atoms with E-state index in [2.05, 4.69) is 42.9 Å². The number of imidazole rings is 1. The van der Waals surface area contributed by atoms with Gasteiger partial charge in [-0.1, -0.05) is 79.9 Å². The molecule has 0 aliphatic rings. The number of hydrogen-bond donors (Lipinski definition) is 1. The van der Waals surface area contributed by atoms with E-state index < -0.39 is 5.82 Å². The van der Waals surface area contributed by atoms with Gasteiger partial charge in [0.05, 0.1) is 18.1 Å². The first kappa shape index (κ1) is 22.4. The van der Waals surface area contributed by atoms with Gasteiger partial charge in [-0.15, -0.1) is 0 Å². The number of hydrogen-bond acceptors (Lipinski definition) is 2. The van der Waals surface area contributed by atoms with E-state index in [9.17, 15) is 4.39 Å². The molecule has 0 amide bonds. The molecule has 4 rings (SSSR count). The van der Waals surface area contributed by atoms with Crippen molar-refractivity contribution in [3.05, 3.63) is 83.1 Å².